The van der Waals surface area contributed by atoms with E-state index in [1.807, 2.05) is 13.8 Å². The molecule has 2 aromatic rings. The van der Waals surface area contributed by atoms with Crippen LogP contribution in [0.3, 0.4) is 0 Å². The lowest BCUT2D eigenvalue weighted by Gasteiger charge is -2.17. The minimum atomic E-state index is -0.285. The van der Waals surface area contributed by atoms with E-state index in [1.165, 1.54) is 23.5 Å². The Hall–Kier alpha value is -1.46. The Kier molecular flexibility index (Phi) is 4.87. The van der Waals surface area contributed by atoms with Gasteiger partial charge in [0.25, 0.3) is 0 Å². The third-order valence-corrected chi connectivity index (χ3v) is 3.56. The van der Waals surface area contributed by atoms with Crippen LogP contribution in [0.1, 0.15) is 30.3 Å². The predicted molar refractivity (Wildman–Crippen MR) is 74.9 cm³/mol. The summed E-state index contributed by atoms with van der Waals surface area (Å²) in [6.45, 7) is 5.35. The SMILES string of the molecule is CCNC(C)c1ccc(F)cc1OCc1cncs1. The quantitative estimate of drug-likeness (QED) is 0.879. The summed E-state index contributed by atoms with van der Waals surface area (Å²) in [6.07, 6.45) is 1.76. The van der Waals surface area contributed by atoms with E-state index in [-0.39, 0.29) is 11.9 Å². The summed E-state index contributed by atoms with van der Waals surface area (Å²) in [7, 11) is 0. The number of ether oxygens (including phenoxy) is 1. The maximum absolute atomic E-state index is 13.4. The zero-order valence-corrected chi connectivity index (χ0v) is 11.8. The van der Waals surface area contributed by atoms with Crippen molar-refractivity contribution in [1.29, 1.82) is 0 Å². The van der Waals surface area contributed by atoms with Crippen LogP contribution in [0.4, 0.5) is 4.39 Å². The van der Waals surface area contributed by atoms with Crippen molar-refractivity contribution in [2.45, 2.75) is 26.5 Å². The second-order valence-electron chi connectivity index (χ2n) is 4.22. The highest BCUT2D eigenvalue weighted by atomic mass is 32.1. The third kappa shape index (κ3) is 3.75. The van der Waals surface area contributed by atoms with E-state index < -0.39 is 0 Å². The van der Waals surface area contributed by atoms with Gasteiger partial charge in [-0.05, 0) is 19.5 Å². The Morgan fingerprint density at radius 3 is 3.00 bits per heavy atom. The molecule has 0 radical (unpaired) electrons. The molecule has 5 heteroatoms. The molecule has 1 atom stereocenters. The molecule has 102 valence electrons. The van der Waals surface area contributed by atoms with Crippen LogP contribution >= 0.6 is 11.3 Å². The van der Waals surface area contributed by atoms with Crippen LogP contribution in [0.15, 0.2) is 29.9 Å². The van der Waals surface area contributed by atoms with Crippen molar-refractivity contribution in [2.24, 2.45) is 0 Å². The lowest BCUT2D eigenvalue weighted by molar-refractivity contribution is 0.301. The summed E-state index contributed by atoms with van der Waals surface area (Å²) in [4.78, 5) is 5.01. The molecule has 19 heavy (non-hydrogen) atoms. The molecule has 0 saturated carbocycles. The predicted octanol–water partition coefficient (Wildman–Crippen LogP) is 3.53. The van der Waals surface area contributed by atoms with Gasteiger partial charge in [-0.2, -0.15) is 0 Å². The minimum Gasteiger partial charge on any atom is -0.488 e. The van der Waals surface area contributed by atoms with Crippen LogP contribution in [0.2, 0.25) is 0 Å². The van der Waals surface area contributed by atoms with Crippen LogP contribution < -0.4 is 10.1 Å². The van der Waals surface area contributed by atoms with Gasteiger partial charge in [0.1, 0.15) is 18.2 Å². The molecular weight excluding hydrogens is 263 g/mol. The number of halogens is 1. The Labute approximate surface area is 116 Å². The summed E-state index contributed by atoms with van der Waals surface area (Å²) >= 11 is 1.53. The standard InChI is InChI=1S/C14H17FN2OS/c1-3-17-10(2)13-5-4-11(15)6-14(13)18-8-12-7-16-9-19-12/h4-7,9-10,17H,3,8H2,1-2H3. The van der Waals surface area contributed by atoms with E-state index in [1.54, 1.807) is 17.8 Å². The molecule has 1 N–H and O–H groups in total. The van der Waals surface area contributed by atoms with E-state index in [4.69, 9.17) is 4.74 Å². The number of hydrogen-bond acceptors (Lipinski definition) is 4. The normalized spacial score (nSPS) is 12.4. The molecule has 0 saturated heterocycles. The van der Waals surface area contributed by atoms with Crippen LogP contribution in [-0.4, -0.2) is 11.5 Å². The topological polar surface area (TPSA) is 34.1 Å². The number of nitrogens with one attached hydrogen (secondary N) is 1. The van der Waals surface area contributed by atoms with Crippen LogP contribution in [0.5, 0.6) is 5.75 Å². The number of aromatic nitrogens is 1. The number of benzene rings is 1. The number of thiazole rings is 1. The van der Waals surface area contributed by atoms with Gasteiger partial charge >= 0.3 is 0 Å². The van der Waals surface area contributed by atoms with Crippen LogP contribution in [0, 0.1) is 5.82 Å². The molecule has 0 amide bonds. The first-order chi connectivity index (χ1) is 9.20. The molecule has 0 aliphatic rings. The van der Waals surface area contributed by atoms with Gasteiger partial charge in [-0.15, -0.1) is 11.3 Å². The molecular formula is C14H17FN2OS. The van der Waals surface area contributed by atoms with Crippen molar-refractivity contribution in [3.63, 3.8) is 0 Å². The van der Waals surface area contributed by atoms with E-state index in [2.05, 4.69) is 10.3 Å². The highest BCUT2D eigenvalue weighted by Crippen LogP contribution is 2.27. The monoisotopic (exact) mass is 280 g/mol. The molecule has 3 nitrogen and oxygen atoms in total. The molecule has 0 aliphatic carbocycles. The van der Waals surface area contributed by atoms with Crippen molar-refractivity contribution < 1.29 is 9.13 Å². The van der Waals surface area contributed by atoms with Gasteiger partial charge in [-0.1, -0.05) is 13.0 Å². The molecule has 0 fully saturated rings. The smallest absolute Gasteiger partial charge is 0.127 e. The zero-order valence-electron chi connectivity index (χ0n) is 11.0. The third-order valence-electron chi connectivity index (χ3n) is 2.81. The first-order valence-corrected chi connectivity index (χ1v) is 7.11. The molecule has 0 spiro atoms. The lowest BCUT2D eigenvalue weighted by atomic mass is 10.1. The molecule has 1 heterocycles. The number of nitrogens with zero attached hydrogens (tertiary/aromatic N) is 1. The Morgan fingerprint density at radius 1 is 1.47 bits per heavy atom. The zero-order chi connectivity index (χ0) is 13.7. The van der Waals surface area contributed by atoms with E-state index in [0.29, 0.717) is 12.4 Å². The molecule has 1 unspecified atom stereocenters. The first-order valence-electron chi connectivity index (χ1n) is 6.23. The van der Waals surface area contributed by atoms with Crippen LogP contribution in [0.25, 0.3) is 0 Å². The Bertz CT molecular complexity index is 516. The summed E-state index contributed by atoms with van der Waals surface area (Å²) in [5, 5.41) is 3.30. The van der Waals surface area contributed by atoms with Crippen LogP contribution in [-0.2, 0) is 6.61 Å². The van der Waals surface area contributed by atoms with Crippen molar-refractivity contribution in [3.8, 4) is 5.75 Å². The number of rotatable bonds is 6. The van der Waals surface area contributed by atoms with Crippen molar-refractivity contribution in [3.05, 3.63) is 46.2 Å². The fourth-order valence-electron chi connectivity index (χ4n) is 1.87. The lowest BCUT2D eigenvalue weighted by Crippen LogP contribution is -2.18. The van der Waals surface area contributed by atoms with Gasteiger partial charge in [0.05, 0.1) is 10.4 Å². The minimum absolute atomic E-state index is 0.127. The maximum Gasteiger partial charge on any atom is 0.127 e. The molecule has 1 aromatic carbocycles. The average molecular weight is 280 g/mol. The molecule has 0 bridgehead atoms. The van der Waals surface area contributed by atoms with Gasteiger partial charge in [0.2, 0.25) is 0 Å². The van der Waals surface area contributed by atoms with Crippen molar-refractivity contribution in [2.75, 3.05) is 6.54 Å². The van der Waals surface area contributed by atoms with E-state index in [0.717, 1.165) is 17.0 Å². The molecule has 0 aliphatic heterocycles. The van der Waals surface area contributed by atoms with Gasteiger partial charge in [0.15, 0.2) is 0 Å². The number of hydrogen-bond donors (Lipinski definition) is 1. The fourth-order valence-corrected chi connectivity index (χ4v) is 2.38. The van der Waals surface area contributed by atoms with E-state index in [9.17, 15) is 4.39 Å². The molecule has 2 rings (SSSR count). The summed E-state index contributed by atoms with van der Waals surface area (Å²) in [5.74, 6) is 0.300. The second-order valence-corrected chi connectivity index (χ2v) is 5.19. The Balaban J connectivity index is 2.14. The fraction of sp³-hybridized carbons (Fsp3) is 0.357. The maximum atomic E-state index is 13.4. The van der Waals surface area contributed by atoms with Crippen molar-refractivity contribution in [1.82, 2.24) is 10.3 Å². The second kappa shape index (κ2) is 6.63. The van der Waals surface area contributed by atoms with Gasteiger partial charge < -0.3 is 10.1 Å². The highest BCUT2D eigenvalue weighted by Gasteiger charge is 2.12. The average Bonchev–Trinajstić information content (AvgIpc) is 2.89. The summed E-state index contributed by atoms with van der Waals surface area (Å²) < 4.78 is 19.1. The largest absolute Gasteiger partial charge is 0.488 e. The van der Waals surface area contributed by atoms with Gasteiger partial charge in [0, 0.05) is 23.9 Å². The summed E-state index contributed by atoms with van der Waals surface area (Å²) in [6, 6.07) is 4.79. The van der Waals surface area contributed by atoms with E-state index >= 15 is 0 Å². The highest BCUT2D eigenvalue weighted by molar-refractivity contribution is 7.09. The Morgan fingerprint density at radius 2 is 2.32 bits per heavy atom. The first kappa shape index (κ1) is 14.0. The van der Waals surface area contributed by atoms with Gasteiger partial charge in [-0.25, -0.2) is 4.39 Å². The molecule has 1 aromatic heterocycles. The van der Waals surface area contributed by atoms with Crippen molar-refractivity contribution >= 4 is 11.3 Å². The van der Waals surface area contributed by atoms with Gasteiger partial charge in [-0.3, -0.25) is 4.98 Å². The summed E-state index contributed by atoms with van der Waals surface area (Å²) in [5.41, 5.74) is 2.72.